The SMILES string of the molecule is Cc1ccc(O)c(C(C)CC(O)C(C)O)c1. The molecule has 0 aliphatic carbocycles. The van der Waals surface area contributed by atoms with E-state index in [0.717, 1.165) is 11.1 Å². The molecule has 0 fully saturated rings. The Kier molecular flexibility index (Phi) is 4.33. The van der Waals surface area contributed by atoms with Gasteiger partial charge in [-0.25, -0.2) is 0 Å². The molecule has 1 aromatic rings. The Morgan fingerprint density at radius 2 is 1.81 bits per heavy atom. The highest BCUT2D eigenvalue weighted by atomic mass is 16.3. The van der Waals surface area contributed by atoms with Crippen molar-refractivity contribution in [2.24, 2.45) is 0 Å². The van der Waals surface area contributed by atoms with Gasteiger partial charge in [0.2, 0.25) is 0 Å². The van der Waals surface area contributed by atoms with Crippen LogP contribution in [0.3, 0.4) is 0 Å². The van der Waals surface area contributed by atoms with Crippen LogP contribution in [0.4, 0.5) is 0 Å². The van der Waals surface area contributed by atoms with Crippen molar-refractivity contribution in [1.29, 1.82) is 0 Å². The predicted molar refractivity (Wildman–Crippen MR) is 63.6 cm³/mol. The van der Waals surface area contributed by atoms with Gasteiger partial charge in [0.05, 0.1) is 12.2 Å². The molecule has 3 heteroatoms. The van der Waals surface area contributed by atoms with Crippen LogP contribution in [-0.4, -0.2) is 27.5 Å². The predicted octanol–water partition coefficient (Wildman–Crippen LogP) is 1.94. The molecule has 0 aliphatic heterocycles. The topological polar surface area (TPSA) is 60.7 Å². The smallest absolute Gasteiger partial charge is 0.119 e. The highest BCUT2D eigenvalue weighted by molar-refractivity contribution is 5.38. The summed E-state index contributed by atoms with van der Waals surface area (Å²) < 4.78 is 0. The van der Waals surface area contributed by atoms with Gasteiger partial charge in [-0.15, -0.1) is 0 Å². The van der Waals surface area contributed by atoms with E-state index in [4.69, 9.17) is 0 Å². The maximum absolute atomic E-state index is 9.71. The lowest BCUT2D eigenvalue weighted by atomic mass is 9.92. The van der Waals surface area contributed by atoms with Crippen molar-refractivity contribution in [1.82, 2.24) is 0 Å². The molecule has 16 heavy (non-hydrogen) atoms. The summed E-state index contributed by atoms with van der Waals surface area (Å²) in [6, 6.07) is 5.42. The highest BCUT2D eigenvalue weighted by Gasteiger charge is 2.18. The third-order valence-electron chi connectivity index (χ3n) is 2.87. The molecule has 0 saturated heterocycles. The molecule has 0 amide bonds. The van der Waals surface area contributed by atoms with Crippen LogP contribution in [0.25, 0.3) is 0 Å². The number of aliphatic hydroxyl groups excluding tert-OH is 2. The fourth-order valence-corrected chi connectivity index (χ4v) is 1.75. The average Bonchev–Trinajstić information content (AvgIpc) is 2.21. The van der Waals surface area contributed by atoms with Crippen LogP contribution < -0.4 is 0 Å². The van der Waals surface area contributed by atoms with E-state index >= 15 is 0 Å². The lowest BCUT2D eigenvalue weighted by Crippen LogP contribution is -2.24. The van der Waals surface area contributed by atoms with Crippen molar-refractivity contribution in [2.45, 2.75) is 45.3 Å². The first kappa shape index (κ1) is 13.0. The Morgan fingerprint density at radius 3 is 2.38 bits per heavy atom. The summed E-state index contributed by atoms with van der Waals surface area (Å²) in [6.07, 6.45) is -1.06. The summed E-state index contributed by atoms with van der Waals surface area (Å²) in [7, 11) is 0. The van der Waals surface area contributed by atoms with Gasteiger partial charge < -0.3 is 15.3 Å². The van der Waals surface area contributed by atoms with E-state index in [-0.39, 0.29) is 11.7 Å². The Morgan fingerprint density at radius 1 is 1.19 bits per heavy atom. The Bertz CT molecular complexity index is 347. The molecule has 3 atom stereocenters. The second-order valence-electron chi connectivity index (χ2n) is 4.51. The normalized spacial score (nSPS) is 16.8. The number of aliphatic hydroxyl groups is 2. The minimum absolute atomic E-state index is 0.0181. The zero-order chi connectivity index (χ0) is 12.3. The van der Waals surface area contributed by atoms with Crippen LogP contribution in [0.1, 0.15) is 37.3 Å². The maximum atomic E-state index is 9.71. The summed E-state index contributed by atoms with van der Waals surface area (Å²) in [5.74, 6) is 0.264. The molecule has 90 valence electrons. The van der Waals surface area contributed by atoms with Crippen molar-refractivity contribution in [2.75, 3.05) is 0 Å². The van der Waals surface area contributed by atoms with E-state index in [9.17, 15) is 15.3 Å². The van der Waals surface area contributed by atoms with Crippen molar-refractivity contribution >= 4 is 0 Å². The largest absolute Gasteiger partial charge is 0.508 e. The van der Waals surface area contributed by atoms with Gasteiger partial charge in [0.25, 0.3) is 0 Å². The quantitative estimate of drug-likeness (QED) is 0.732. The minimum Gasteiger partial charge on any atom is -0.508 e. The molecule has 3 N–H and O–H groups in total. The van der Waals surface area contributed by atoms with Crippen LogP contribution in [0, 0.1) is 6.92 Å². The molecule has 3 unspecified atom stereocenters. The fraction of sp³-hybridized carbons (Fsp3) is 0.538. The first-order valence-corrected chi connectivity index (χ1v) is 5.57. The lowest BCUT2D eigenvalue weighted by molar-refractivity contribution is 0.0226. The van der Waals surface area contributed by atoms with Gasteiger partial charge in [-0.1, -0.05) is 24.6 Å². The summed E-state index contributed by atoms with van der Waals surface area (Å²) in [5, 5.41) is 28.5. The van der Waals surface area contributed by atoms with Gasteiger partial charge in [-0.3, -0.25) is 0 Å². The zero-order valence-electron chi connectivity index (χ0n) is 10.0. The van der Waals surface area contributed by atoms with Crippen LogP contribution >= 0.6 is 0 Å². The van der Waals surface area contributed by atoms with E-state index in [2.05, 4.69) is 0 Å². The van der Waals surface area contributed by atoms with Gasteiger partial charge in [0, 0.05) is 0 Å². The molecule has 0 saturated carbocycles. The van der Waals surface area contributed by atoms with E-state index < -0.39 is 12.2 Å². The van der Waals surface area contributed by atoms with Crippen molar-refractivity contribution in [3.05, 3.63) is 29.3 Å². The summed E-state index contributed by atoms with van der Waals surface area (Å²) in [6.45, 7) is 5.45. The van der Waals surface area contributed by atoms with E-state index in [1.54, 1.807) is 13.0 Å². The molecular formula is C13H20O3. The molecule has 1 rings (SSSR count). The Balaban J connectivity index is 2.80. The molecule has 0 spiro atoms. The zero-order valence-corrected chi connectivity index (χ0v) is 10.0. The van der Waals surface area contributed by atoms with Gasteiger partial charge >= 0.3 is 0 Å². The van der Waals surface area contributed by atoms with E-state index in [0.29, 0.717) is 6.42 Å². The van der Waals surface area contributed by atoms with Crippen molar-refractivity contribution in [3.63, 3.8) is 0 Å². The molecule has 0 radical (unpaired) electrons. The monoisotopic (exact) mass is 224 g/mol. The standard InChI is InChI=1S/C13H20O3/c1-8-4-5-12(15)11(6-8)9(2)7-13(16)10(3)14/h4-6,9-10,13-16H,7H2,1-3H3. The summed E-state index contributed by atoms with van der Waals surface area (Å²) in [5.41, 5.74) is 1.89. The number of aromatic hydroxyl groups is 1. The molecule has 0 aliphatic rings. The van der Waals surface area contributed by atoms with Gasteiger partial charge in [-0.05, 0) is 37.8 Å². The lowest BCUT2D eigenvalue weighted by Gasteiger charge is -2.20. The number of phenols is 1. The number of phenolic OH excluding ortho intramolecular Hbond substituents is 1. The number of hydrogen-bond donors (Lipinski definition) is 3. The van der Waals surface area contributed by atoms with Crippen LogP contribution in [0.5, 0.6) is 5.75 Å². The number of rotatable bonds is 4. The second kappa shape index (κ2) is 5.32. The minimum atomic E-state index is -0.755. The number of benzene rings is 1. The number of aryl methyl sites for hydroxylation is 1. The second-order valence-corrected chi connectivity index (χ2v) is 4.51. The number of hydrogen-bond acceptors (Lipinski definition) is 3. The molecule has 3 nitrogen and oxygen atoms in total. The van der Waals surface area contributed by atoms with Gasteiger partial charge in [0.1, 0.15) is 5.75 Å². The molecular weight excluding hydrogens is 204 g/mol. The van der Waals surface area contributed by atoms with Crippen LogP contribution in [-0.2, 0) is 0 Å². The van der Waals surface area contributed by atoms with Gasteiger partial charge in [0.15, 0.2) is 0 Å². The van der Waals surface area contributed by atoms with E-state index in [1.807, 2.05) is 26.0 Å². The van der Waals surface area contributed by atoms with Crippen LogP contribution in [0.15, 0.2) is 18.2 Å². The van der Waals surface area contributed by atoms with Crippen molar-refractivity contribution in [3.8, 4) is 5.75 Å². The summed E-state index contributed by atoms with van der Waals surface area (Å²) >= 11 is 0. The molecule has 0 aromatic heterocycles. The first-order valence-electron chi connectivity index (χ1n) is 5.57. The first-order chi connectivity index (χ1) is 7.41. The third-order valence-corrected chi connectivity index (χ3v) is 2.87. The molecule has 0 heterocycles. The maximum Gasteiger partial charge on any atom is 0.119 e. The molecule has 1 aromatic carbocycles. The summed E-state index contributed by atoms with van der Waals surface area (Å²) in [4.78, 5) is 0. The van der Waals surface area contributed by atoms with Crippen LogP contribution in [0.2, 0.25) is 0 Å². The average molecular weight is 224 g/mol. The Hall–Kier alpha value is -1.06. The van der Waals surface area contributed by atoms with Gasteiger partial charge in [-0.2, -0.15) is 0 Å². The molecule has 0 bridgehead atoms. The highest BCUT2D eigenvalue weighted by Crippen LogP contribution is 2.30. The fourth-order valence-electron chi connectivity index (χ4n) is 1.75. The van der Waals surface area contributed by atoms with E-state index in [1.165, 1.54) is 0 Å². The third kappa shape index (κ3) is 3.22. The Labute approximate surface area is 96.4 Å². The van der Waals surface area contributed by atoms with Crippen molar-refractivity contribution < 1.29 is 15.3 Å².